The first-order chi connectivity index (χ1) is 14.4. The molecule has 2 heterocycles. The van der Waals surface area contributed by atoms with Crippen LogP contribution in [0.1, 0.15) is 35.3 Å². The van der Waals surface area contributed by atoms with Gasteiger partial charge in [-0.05, 0) is 49.2 Å². The predicted octanol–water partition coefficient (Wildman–Crippen LogP) is 4.64. The Balaban J connectivity index is 1.46. The average molecular weight is 420 g/mol. The number of carbonyl (C=O) groups excluding carboxylic acids is 1. The Labute approximate surface area is 178 Å². The fourth-order valence-electron chi connectivity index (χ4n) is 2.96. The van der Waals surface area contributed by atoms with E-state index < -0.39 is 5.60 Å². The lowest BCUT2D eigenvalue weighted by Crippen LogP contribution is -2.23. The Morgan fingerprint density at radius 1 is 1.13 bits per heavy atom. The van der Waals surface area contributed by atoms with Gasteiger partial charge in [0, 0.05) is 18.8 Å². The Bertz CT molecular complexity index is 1180. The predicted molar refractivity (Wildman–Crippen MR) is 117 cm³/mol. The molecule has 0 atom stereocenters. The molecule has 6 nitrogen and oxygen atoms in total. The summed E-state index contributed by atoms with van der Waals surface area (Å²) in [5.41, 5.74) is 3.89. The Hall–Kier alpha value is -3.29. The number of nitrogens with zero attached hydrogens (tertiary/aromatic N) is 2. The van der Waals surface area contributed by atoms with Gasteiger partial charge in [0.2, 0.25) is 5.88 Å². The van der Waals surface area contributed by atoms with Crippen molar-refractivity contribution in [2.24, 2.45) is 0 Å². The highest BCUT2D eigenvalue weighted by molar-refractivity contribution is 7.16. The SMILES string of the molecule is CC(C)(O)c1ccc(CNC(=O)c2cccnc2Oc2ccc3ncsc3c2)cc1. The third-order valence-corrected chi connectivity index (χ3v) is 5.44. The number of ether oxygens (including phenoxy) is 1. The quantitative estimate of drug-likeness (QED) is 0.476. The fourth-order valence-corrected chi connectivity index (χ4v) is 3.67. The lowest BCUT2D eigenvalue weighted by Gasteiger charge is -2.18. The second-order valence-electron chi connectivity index (χ2n) is 7.38. The number of aromatic nitrogens is 2. The van der Waals surface area contributed by atoms with E-state index in [0.717, 1.165) is 21.3 Å². The molecule has 1 amide bonds. The van der Waals surface area contributed by atoms with Crippen molar-refractivity contribution in [2.75, 3.05) is 0 Å². The Morgan fingerprint density at radius 2 is 1.93 bits per heavy atom. The summed E-state index contributed by atoms with van der Waals surface area (Å²) in [6.07, 6.45) is 1.59. The zero-order chi connectivity index (χ0) is 21.1. The molecule has 0 spiro atoms. The molecule has 4 rings (SSSR count). The Kier molecular flexibility index (Phi) is 5.48. The number of benzene rings is 2. The Morgan fingerprint density at radius 3 is 2.70 bits per heavy atom. The third-order valence-electron chi connectivity index (χ3n) is 4.65. The molecule has 0 aliphatic heterocycles. The minimum absolute atomic E-state index is 0.247. The largest absolute Gasteiger partial charge is 0.438 e. The monoisotopic (exact) mass is 419 g/mol. The lowest BCUT2D eigenvalue weighted by molar-refractivity contribution is 0.0785. The topological polar surface area (TPSA) is 84.3 Å². The highest BCUT2D eigenvalue weighted by Crippen LogP contribution is 2.28. The van der Waals surface area contributed by atoms with Gasteiger partial charge in [-0.1, -0.05) is 24.3 Å². The van der Waals surface area contributed by atoms with E-state index in [4.69, 9.17) is 4.74 Å². The summed E-state index contributed by atoms with van der Waals surface area (Å²) >= 11 is 1.52. The van der Waals surface area contributed by atoms with Crippen molar-refractivity contribution in [1.82, 2.24) is 15.3 Å². The maximum Gasteiger partial charge on any atom is 0.257 e. The number of rotatable bonds is 6. The number of amides is 1. The normalized spacial score (nSPS) is 11.4. The van der Waals surface area contributed by atoms with E-state index in [-0.39, 0.29) is 11.8 Å². The van der Waals surface area contributed by atoms with Crippen LogP contribution in [0, 0.1) is 0 Å². The summed E-state index contributed by atoms with van der Waals surface area (Å²) in [6.45, 7) is 3.83. The van der Waals surface area contributed by atoms with Gasteiger partial charge >= 0.3 is 0 Å². The molecule has 2 N–H and O–H groups in total. The van der Waals surface area contributed by atoms with Gasteiger partial charge < -0.3 is 15.2 Å². The summed E-state index contributed by atoms with van der Waals surface area (Å²) in [5.74, 6) is 0.571. The zero-order valence-corrected chi connectivity index (χ0v) is 17.4. The number of nitrogens with one attached hydrogen (secondary N) is 1. The van der Waals surface area contributed by atoms with Crippen LogP contribution >= 0.6 is 11.3 Å². The molecule has 2 aromatic carbocycles. The number of pyridine rings is 1. The zero-order valence-electron chi connectivity index (χ0n) is 16.6. The highest BCUT2D eigenvalue weighted by Gasteiger charge is 2.16. The number of hydrogen-bond acceptors (Lipinski definition) is 6. The molecule has 4 aromatic rings. The molecule has 0 radical (unpaired) electrons. The first-order valence-electron chi connectivity index (χ1n) is 9.46. The van der Waals surface area contributed by atoms with Crippen molar-refractivity contribution in [3.05, 3.63) is 83.0 Å². The molecule has 30 heavy (non-hydrogen) atoms. The first kappa shape index (κ1) is 20.0. The minimum atomic E-state index is -0.897. The minimum Gasteiger partial charge on any atom is -0.438 e. The molecule has 0 bridgehead atoms. The highest BCUT2D eigenvalue weighted by atomic mass is 32.1. The van der Waals surface area contributed by atoms with Gasteiger partial charge in [0.15, 0.2) is 0 Å². The van der Waals surface area contributed by atoms with E-state index in [0.29, 0.717) is 17.9 Å². The molecule has 152 valence electrons. The smallest absolute Gasteiger partial charge is 0.257 e. The van der Waals surface area contributed by atoms with Crippen molar-refractivity contribution >= 4 is 27.5 Å². The van der Waals surface area contributed by atoms with E-state index in [1.807, 2.05) is 42.5 Å². The standard InChI is InChI=1S/C23H21N3O3S/c1-23(2,28)16-7-5-15(6-8-16)13-25-21(27)18-4-3-11-24-22(18)29-17-9-10-19-20(12-17)30-14-26-19/h3-12,14,28H,13H2,1-2H3,(H,25,27). The van der Waals surface area contributed by atoms with Crippen molar-refractivity contribution in [3.63, 3.8) is 0 Å². The molecule has 0 aliphatic rings. The summed E-state index contributed by atoms with van der Waals surface area (Å²) in [6, 6.07) is 16.4. The van der Waals surface area contributed by atoms with Crippen LogP contribution in [0.15, 0.2) is 66.3 Å². The molecule has 0 aliphatic carbocycles. The first-order valence-corrected chi connectivity index (χ1v) is 10.3. The summed E-state index contributed by atoms with van der Waals surface area (Å²) in [4.78, 5) is 21.2. The van der Waals surface area contributed by atoms with Crippen LogP contribution in [0.5, 0.6) is 11.6 Å². The summed E-state index contributed by atoms with van der Waals surface area (Å²) < 4.78 is 6.90. The van der Waals surface area contributed by atoms with Gasteiger partial charge in [0.25, 0.3) is 5.91 Å². The van der Waals surface area contributed by atoms with E-state index >= 15 is 0 Å². The van der Waals surface area contributed by atoms with E-state index in [1.54, 1.807) is 37.7 Å². The second kappa shape index (κ2) is 8.22. The molecular formula is C23H21N3O3S. The van der Waals surface area contributed by atoms with Gasteiger partial charge in [-0.2, -0.15) is 0 Å². The number of fused-ring (bicyclic) bond motifs is 1. The van der Waals surface area contributed by atoms with Crippen molar-refractivity contribution in [1.29, 1.82) is 0 Å². The van der Waals surface area contributed by atoms with Crippen LogP contribution in [0.25, 0.3) is 10.2 Å². The van der Waals surface area contributed by atoms with Gasteiger partial charge in [-0.15, -0.1) is 11.3 Å². The number of aliphatic hydroxyl groups is 1. The molecule has 0 unspecified atom stereocenters. The van der Waals surface area contributed by atoms with Crippen molar-refractivity contribution in [2.45, 2.75) is 26.0 Å². The van der Waals surface area contributed by atoms with Crippen LogP contribution in [0.4, 0.5) is 0 Å². The fraction of sp³-hybridized carbons (Fsp3) is 0.174. The summed E-state index contributed by atoms with van der Waals surface area (Å²) in [5, 5.41) is 12.9. The van der Waals surface area contributed by atoms with E-state index in [2.05, 4.69) is 15.3 Å². The van der Waals surface area contributed by atoms with Gasteiger partial charge in [0.05, 0.1) is 21.3 Å². The van der Waals surface area contributed by atoms with Crippen molar-refractivity contribution < 1.29 is 14.6 Å². The van der Waals surface area contributed by atoms with Crippen LogP contribution in [0.3, 0.4) is 0 Å². The van der Waals surface area contributed by atoms with Crippen LogP contribution < -0.4 is 10.1 Å². The van der Waals surface area contributed by atoms with Crippen molar-refractivity contribution in [3.8, 4) is 11.6 Å². The number of thiazole rings is 1. The van der Waals surface area contributed by atoms with Gasteiger partial charge in [0.1, 0.15) is 11.3 Å². The molecular weight excluding hydrogens is 398 g/mol. The van der Waals surface area contributed by atoms with E-state index in [1.165, 1.54) is 11.3 Å². The molecule has 0 fully saturated rings. The molecule has 7 heteroatoms. The number of carbonyl (C=O) groups is 1. The van der Waals surface area contributed by atoms with Crippen LogP contribution in [-0.4, -0.2) is 21.0 Å². The van der Waals surface area contributed by atoms with Crippen LogP contribution in [0.2, 0.25) is 0 Å². The lowest BCUT2D eigenvalue weighted by atomic mass is 9.97. The van der Waals surface area contributed by atoms with Gasteiger partial charge in [-0.3, -0.25) is 4.79 Å². The molecule has 0 saturated heterocycles. The second-order valence-corrected chi connectivity index (χ2v) is 8.27. The van der Waals surface area contributed by atoms with Gasteiger partial charge in [-0.25, -0.2) is 9.97 Å². The van der Waals surface area contributed by atoms with Crippen LogP contribution in [-0.2, 0) is 12.1 Å². The van der Waals surface area contributed by atoms with E-state index in [9.17, 15) is 9.90 Å². The molecule has 2 aromatic heterocycles. The molecule has 0 saturated carbocycles. The maximum absolute atomic E-state index is 12.7. The summed E-state index contributed by atoms with van der Waals surface area (Å²) in [7, 11) is 0. The average Bonchev–Trinajstić information content (AvgIpc) is 3.20. The maximum atomic E-state index is 12.7. The number of hydrogen-bond donors (Lipinski definition) is 2. The third kappa shape index (κ3) is 4.48.